The minimum absolute atomic E-state index is 0.205. The number of carbonyl (C=O) groups excluding carboxylic acids is 1. The summed E-state index contributed by atoms with van der Waals surface area (Å²) in [6.45, 7) is 3.10. The van der Waals surface area contributed by atoms with Crippen LogP contribution in [0.4, 0.5) is 11.5 Å². The molecule has 3 aromatic rings. The number of benzene rings is 1. The van der Waals surface area contributed by atoms with Crippen LogP contribution in [0.2, 0.25) is 0 Å². The summed E-state index contributed by atoms with van der Waals surface area (Å²) >= 11 is 0. The fraction of sp³-hybridized carbons (Fsp3) is 0.190. The highest BCUT2D eigenvalue weighted by Crippen LogP contribution is 2.18. The van der Waals surface area contributed by atoms with E-state index in [1.54, 1.807) is 18.5 Å². The lowest BCUT2D eigenvalue weighted by Gasteiger charge is -2.27. The first-order valence-corrected chi connectivity index (χ1v) is 8.91. The van der Waals surface area contributed by atoms with E-state index in [1.165, 1.54) is 6.08 Å². The topological polar surface area (TPSA) is 67.4 Å². The molecule has 0 aliphatic carbocycles. The Bertz CT molecular complexity index is 958. The van der Waals surface area contributed by atoms with Gasteiger partial charge in [0.25, 0.3) is 0 Å². The van der Waals surface area contributed by atoms with Crippen molar-refractivity contribution < 1.29 is 9.53 Å². The molecule has 1 N–H and O–H groups in total. The van der Waals surface area contributed by atoms with Gasteiger partial charge in [-0.1, -0.05) is 24.3 Å². The van der Waals surface area contributed by atoms with Crippen LogP contribution in [0.3, 0.4) is 0 Å². The number of ether oxygens (including phenoxy) is 1. The molecule has 1 fully saturated rings. The lowest BCUT2D eigenvalue weighted by atomic mass is 10.1. The maximum Gasteiger partial charge on any atom is 0.248 e. The van der Waals surface area contributed by atoms with Crippen molar-refractivity contribution in [1.29, 1.82) is 0 Å². The smallest absolute Gasteiger partial charge is 0.248 e. The Hall–Kier alpha value is -3.25. The third kappa shape index (κ3) is 4.12. The van der Waals surface area contributed by atoms with Crippen molar-refractivity contribution in [2.75, 3.05) is 36.5 Å². The van der Waals surface area contributed by atoms with Gasteiger partial charge >= 0.3 is 0 Å². The van der Waals surface area contributed by atoms with Crippen LogP contribution in [0, 0.1) is 0 Å². The van der Waals surface area contributed by atoms with Gasteiger partial charge in [0.2, 0.25) is 5.91 Å². The first-order chi connectivity index (χ1) is 13.3. The molecule has 6 heteroatoms. The van der Waals surface area contributed by atoms with Crippen LogP contribution in [0.15, 0.2) is 60.9 Å². The van der Waals surface area contributed by atoms with Crippen molar-refractivity contribution >= 4 is 34.4 Å². The van der Waals surface area contributed by atoms with Gasteiger partial charge in [-0.25, -0.2) is 4.98 Å². The number of aromatic nitrogens is 2. The fourth-order valence-electron chi connectivity index (χ4n) is 3.05. The Labute approximate surface area is 157 Å². The van der Waals surface area contributed by atoms with Crippen molar-refractivity contribution in [1.82, 2.24) is 9.97 Å². The molecule has 0 atom stereocenters. The van der Waals surface area contributed by atoms with Crippen LogP contribution < -0.4 is 10.2 Å². The summed E-state index contributed by atoms with van der Waals surface area (Å²) in [4.78, 5) is 23.2. The van der Waals surface area contributed by atoms with E-state index < -0.39 is 0 Å². The van der Waals surface area contributed by atoms with Crippen LogP contribution in [-0.2, 0) is 9.53 Å². The molecule has 1 aliphatic heterocycles. The lowest BCUT2D eigenvalue weighted by molar-refractivity contribution is -0.111. The highest BCUT2D eigenvalue weighted by Gasteiger charge is 2.12. The third-order valence-electron chi connectivity index (χ3n) is 4.43. The number of nitrogens with zero attached hydrogens (tertiary/aromatic N) is 3. The van der Waals surface area contributed by atoms with Gasteiger partial charge in [-0.15, -0.1) is 0 Å². The fourth-order valence-corrected chi connectivity index (χ4v) is 3.05. The Morgan fingerprint density at radius 1 is 1.07 bits per heavy atom. The molecule has 136 valence electrons. The molecule has 0 bridgehead atoms. The van der Waals surface area contributed by atoms with E-state index in [-0.39, 0.29) is 5.91 Å². The summed E-state index contributed by atoms with van der Waals surface area (Å²) in [5.74, 6) is 0.692. The average Bonchev–Trinajstić information content (AvgIpc) is 2.73. The average molecular weight is 360 g/mol. The quantitative estimate of drug-likeness (QED) is 0.724. The Balaban J connectivity index is 1.42. The zero-order valence-corrected chi connectivity index (χ0v) is 14.8. The molecule has 0 radical (unpaired) electrons. The molecule has 6 nitrogen and oxygen atoms in total. The lowest BCUT2D eigenvalue weighted by Crippen LogP contribution is -2.36. The Morgan fingerprint density at radius 2 is 1.93 bits per heavy atom. The van der Waals surface area contributed by atoms with E-state index in [9.17, 15) is 4.79 Å². The molecular weight excluding hydrogens is 340 g/mol. The summed E-state index contributed by atoms with van der Waals surface area (Å²) in [5, 5.41) is 3.88. The van der Waals surface area contributed by atoms with Crippen LogP contribution >= 0.6 is 0 Å². The van der Waals surface area contributed by atoms with E-state index in [1.807, 2.05) is 42.5 Å². The second-order valence-electron chi connectivity index (χ2n) is 6.25. The van der Waals surface area contributed by atoms with Crippen LogP contribution in [0.1, 0.15) is 5.56 Å². The zero-order valence-electron chi connectivity index (χ0n) is 14.8. The van der Waals surface area contributed by atoms with E-state index in [4.69, 9.17) is 4.74 Å². The summed E-state index contributed by atoms with van der Waals surface area (Å²) in [5.41, 5.74) is 2.45. The monoisotopic (exact) mass is 360 g/mol. The van der Waals surface area contributed by atoms with E-state index in [2.05, 4.69) is 20.2 Å². The second kappa shape index (κ2) is 7.97. The molecule has 1 amide bonds. The van der Waals surface area contributed by atoms with Crippen LogP contribution in [0.25, 0.3) is 17.0 Å². The van der Waals surface area contributed by atoms with Gasteiger partial charge in [-0.05, 0) is 24.3 Å². The van der Waals surface area contributed by atoms with E-state index in [0.29, 0.717) is 18.9 Å². The summed E-state index contributed by atoms with van der Waals surface area (Å²) < 4.78 is 5.35. The van der Waals surface area contributed by atoms with Gasteiger partial charge in [0.05, 0.1) is 30.6 Å². The van der Waals surface area contributed by atoms with Gasteiger partial charge in [0, 0.05) is 36.3 Å². The van der Waals surface area contributed by atoms with Crippen LogP contribution in [-0.4, -0.2) is 42.2 Å². The van der Waals surface area contributed by atoms with Crippen molar-refractivity contribution in [3.63, 3.8) is 0 Å². The SMILES string of the molecule is O=C(/C=C/c1cccc2cccnc12)Nc1ccc(N2CCOCC2)nc1. The molecule has 0 saturated carbocycles. The maximum atomic E-state index is 12.2. The van der Waals surface area contributed by atoms with Crippen molar-refractivity contribution in [3.8, 4) is 0 Å². The highest BCUT2D eigenvalue weighted by molar-refractivity contribution is 6.03. The van der Waals surface area contributed by atoms with Gasteiger partial charge in [-0.2, -0.15) is 0 Å². The van der Waals surface area contributed by atoms with E-state index >= 15 is 0 Å². The number of nitrogens with one attached hydrogen (secondary N) is 1. The minimum Gasteiger partial charge on any atom is -0.378 e. The van der Waals surface area contributed by atoms with Crippen molar-refractivity contribution in [3.05, 3.63) is 66.5 Å². The molecule has 1 saturated heterocycles. The molecule has 2 aromatic heterocycles. The number of hydrogen-bond donors (Lipinski definition) is 1. The van der Waals surface area contributed by atoms with Gasteiger partial charge in [0.1, 0.15) is 5.82 Å². The summed E-state index contributed by atoms with van der Waals surface area (Å²) in [7, 11) is 0. The summed E-state index contributed by atoms with van der Waals surface area (Å²) in [6, 6.07) is 13.6. The number of fused-ring (bicyclic) bond motifs is 1. The van der Waals surface area contributed by atoms with Crippen LogP contribution in [0.5, 0.6) is 0 Å². The number of para-hydroxylation sites is 1. The molecule has 3 heterocycles. The van der Waals surface area contributed by atoms with Gasteiger partial charge in [-0.3, -0.25) is 9.78 Å². The van der Waals surface area contributed by atoms with Gasteiger partial charge in [0.15, 0.2) is 0 Å². The Morgan fingerprint density at radius 3 is 2.74 bits per heavy atom. The molecular formula is C21H20N4O2. The maximum absolute atomic E-state index is 12.2. The number of pyridine rings is 2. The number of hydrogen-bond acceptors (Lipinski definition) is 5. The number of rotatable bonds is 4. The molecule has 0 spiro atoms. The minimum atomic E-state index is -0.205. The molecule has 27 heavy (non-hydrogen) atoms. The number of morpholine rings is 1. The first-order valence-electron chi connectivity index (χ1n) is 8.91. The predicted octanol–water partition coefficient (Wildman–Crippen LogP) is 3.12. The largest absolute Gasteiger partial charge is 0.378 e. The normalized spacial score (nSPS) is 14.6. The Kier molecular flexibility index (Phi) is 5.07. The first kappa shape index (κ1) is 17.2. The molecule has 1 aliphatic rings. The highest BCUT2D eigenvalue weighted by atomic mass is 16.5. The molecule has 0 unspecified atom stereocenters. The molecule has 1 aromatic carbocycles. The third-order valence-corrected chi connectivity index (χ3v) is 4.43. The number of carbonyl (C=O) groups is 1. The predicted molar refractivity (Wildman–Crippen MR) is 107 cm³/mol. The standard InChI is InChI=1S/C21H20N4O2/c26-20(9-6-17-4-1-3-16-5-2-10-22-21(16)17)24-18-7-8-19(23-15-18)25-11-13-27-14-12-25/h1-10,15H,11-14H2,(H,24,26)/b9-6+. The number of amides is 1. The number of anilines is 2. The molecule has 4 rings (SSSR count). The second-order valence-corrected chi connectivity index (χ2v) is 6.25. The van der Waals surface area contributed by atoms with Crippen molar-refractivity contribution in [2.45, 2.75) is 0 Å². The van der Waals surface area contributed by atoms with Gasteiger partial charge < -0.3 is 15.0 Å². The summed E-state index contributed by atoms with van der Waals surface area (Å²) in [6.07, 6.45) is 6.72. The van der Waals surface area contributed by atoms with Crippen molar-refractivity contribution in [2.24, 2.45) is 0 Å². The van der Waals surface area contributed by atoms with E-state index in [0.717, 1.165) is 35.4 Å². The zero-order chi connectivity index (χ0) is 18.5.